The number of nitrogens with two attached hydrogens (primary N) is 5. The second kappa shape index (κ2) is 54.1. The number of aliphatic imine (C=N–C) groups is 1. The maximum absolute atomic E-state index is 14.3. The first-order valence-corrected chi connectivity index (χ1v) is 38.7. The largest absolute Gasteiger partial charge is 0.481 e. The predicted octanol–water partition coefficient (Wildman–Crippen LogP) is -7.51. The Morgan fingerprint density at radius 2 is 0.991 bits per heavy atom. The molecule has 0 aliphatic rings. The fourth-order valence-electron chi connectivity index (χ4n) is 10.9. The Morgan fingerprint density at radius 1 is 0.509 bits per heavy atom. The number of thioether (sulfide) groups is 1. The van der Waals surface area contributed by atoms with E-state index < -0.39 is 255 Å². The highest BCUT2D eigenvalue weighted by Crippen LogP contribution is 2.15. The van der Waals surface area contributed by atoms with Gasteiger partial charge in [0.05, 0.1) is 31.7 Å². The summed E-state index contributed by atoms with van der Waals surface area (Å²) in [6.07, 6.45) is -3.35. The van der Waals surface area contributed by atoms with E-state index in [0.717, 1.165) is 6.92 Å². The Kier molecular flexibility index (Phi) is 48.1. The zero-order valence-electron chi connectivity index (χ0n) is 65.8. The number of carbonyl (C=O) groups excluding carboxylic acids is 16. The van der Waals surface area contributed by atoms with Crippen LogP contribution in [0.25, 0.3) is 0 Å². The molecule has 0 radical (unpaired) electrons. The Bertz CT molecular complexity index is 3430. The van der Waals surface area contributed by atoms with Crippen molar-refractivity contribution >= 4 is 125 Å². The molecule has 0 unspecified atom stereocenters. The van der Waals surface area contributed by atoms with Crippen molar-refractivity contribution in [3.8, 4) is 0 Å². The average molecular weight is 1640 g/mol. The number of aliphatic carboxylic acids is 2. The van der Waals surface area contributed by atoms with E-state index >= 15 is 0 Å². The number of aliphatic hydroxyl groups is 2. The molecule has 640 valence electrons. The van der Waals surface area contributed by atoms with E-state index in [1.807, 2.05) is 0 Å². The number of aldehydes is 1. The summed E-state index contributed by atoms with van der Waals surface area (Å²) < 4.78 is 0. The number of nitrogens with zero attached hydrogens (tertiary/aromatic N) is 1. The fourth-order valence-corrected chi connectivity index (χ4v) is 11.3. The molecule has 1 aromatic rings. The third-order valence-corrected chi connectivity index (χ3v) is 18.1. The van der Waals surface area contributed by atoms with Gasteiger partial charge in [-0.3, -0.25) is 81.7 Å². The molecule has 15 amide bonds. The molecule has 1 rings (SSSR count). The predicted molar refractivity (Wildman–Crippen MR) is 415 cm³/mol. The molecule has 0 saturated heterocycles. The van der Waals surface area contributed by atoms with Crippen molar-refractivity contribution in [2.24, 2.45) is 51.4 Å². The van der Waals surface area contributed by atoms with Crippen molar-refractivity contribution in [1.82, 2.24) is 74.4 Å². The number of rotatable bonds is 57. The summed E-state index contributed by atoms with van der Waals surface area (Å²) in [5.41, 5.74) is 27.8. The second-order valence-corrected chi connectivity index (χ2v) is 28.9. The highest BCUT2D eigenvalue weighted by Gasteiger charge is 2.38. The number of nitrogens with one attached hydrogen (secondary N) is 14. The van der Waals surface area contributed by atoms with Crippen LogP contribution in [0.4, 0.5) is 0 Å². The molecule has 0 aromatic heterocycles. The van der Waals surface area contributed by atoms with E-state index in [2.05, 4.69) is 79.4 Å². The van der Waals surface area contributed by atoms with E-state index in [9.17, 15) is 107 Å². The third-order valence-electron chi connectivity index (χ3n) is 17.4. The number of hydrogen-bond donors (Lipinski definition) is 23. The Labute approximate surface area is 665 Å². The minimum atomic E-state index is -1.87. The minimum absolute atomic E-state index is 0.00332. The summed E-state index contributed by atoms with van der Waals surface area (Å²) in [7, 11) is 0. The van der Waals surface area contributed by atoms with Crippen molar-refractivity contribution in [2.45, 2.75) is 230 Å². The molecule has 15 atom stereocenters. The Balaban J connectivity index is 3.42. The van der Waals surface area contributed by atoms with E-state index in [1.165, 1.54) is 32.5 Å². The van der Waals surface area contributed by atoms with Crippen LogP contribution in [-0.4, -0.2) is 263 Å². The number of amides is 15. The lowest BCUT2D eigenvalue weighted by Crippen LogP contribution is -2.61. The maximum atomic E-state index is 14.3. The number of carboxylic acids is 2. The summed E-state index contributed by atoms with van der Waals surface area (Å²) in [6.45, 7) is 10.6. The van der Waals surface area contributed by atoms with Crippen molar-refractivity contribution in [3.05, 3.63) is 35.9 Å². The van der Waals surface area contributed by atoms with Gasteiger partial charge in [-0.25, -0.2) is 4.79 Å². The number of benzene rings is 1. The van der Waals surface area contributed by atoms with E-state index in [1.54, 1.807) is 64.3 Å². The van der Waals surface area contributed by atoms with Gasteiger partial charge in [0.15, 0.2) is 5.96 Å². The summed E-state index contributed by atoms with van der Waals surface area (Å²) in [5.74, 6) is -18.4. The fraction of sp³-hybridized carbons (Fsp3) is 0.648. The van der Waals surface area contributed by atoms with E-state index in [-0.39, 0.29) is 82.0 Å². The van der Waals surface area contributed by atoms with Gasteiger partial charge in [-0.2, -0.15) is 11.8 Å². The molecule has 0 fully saturated rings. The lowest BCUT2D eigenvalue weighted by Gasteiger charge is -2.30. The van der Waals surface area contributed by atoms with Crippen molar-refractivity contribution in [3.63, 3.8) is 0 Å². The van der Waals surface area contributed by atoms with Crippen LogP contribution in [-0.2, 0) is 92.7 Å². The molecule has 0 saturated carbocycles. The van der Waals surface area contributed by atoms with Gasteiger partial charge in [-0.05, 0) is 107 Å². The number of primary amides is 1. The smallest absolute Gasteiger partial charge is 0.326 e. The van der Waals surface area contributed by atoms with Gasteiger partial charge < -0.3 is 128 Å². The van der Waals surface area contributed by atoms with Crippen molar-refractivity contribution < 1.29 is 107 Å². The molecule has 0 bridgehead atoms. The maximum Gasteiger partial charge on any atom is 0.326 e. The SMILES string of the molecule is CC[C@H](C)[C@H](NC(=O)[C@H](C)NC(=O)CN)C(=O)N[C@@H](CC(C)C)C(=O)N[C@H](C(=O)N[C@@H](CCC(=O)O)C(=O)N[C@@H](CCC(=O)N[C@@H](CCSC)C(=O)N[C@@H](Cc1ccccc1)C(=O)NCCC(=O)N[C@@H](CCCN=C(N)N)C(=O)N[C@@H](CCCN)C(=O)N[C@@H](CO)C(=O)N[C@H](C(=O)N[C@H](C=O)CC(N)=O)[C@@H](C)O)C(=O)O)C(C)C. The van der Waals surface area contributed by atoms with Gasteiger partial charge in [0.2, 0.25) is 88.6 Å². The van der Waals surface area contributed by atoms with Gasteiger partial charge in [0.1, 0.15) is 78.8 Å². The number of hydrogen-bond acceptors (Lipinski definition) is 24. The first-order valence-electron chi connectivity index (χ1n) is 37.3. The van der Waals surface area contributed by atoms with Gasteiger partial charge in [-0.15, -0.1) is 0 Å². The zero-order chi connectivity index (χ0) is 86.5. The molecule has 114 heavy (non-hydrogen) atoms. The molecule has 28 N–H and O–H groups in total. The highest BCUT2D eigenvalue weighted by molar-refractivity contribution is 7.98. The number of carbonyl (C=O) groups is 18. The normalized spacial score (nSPS) is 15.0. The molecular formula is C71H118N20O22S. The van der Waals surface area contributed by atoms with E-state index in [0.29, 0.717) is 12.0 Å². The standard InChI is InChI=1S/C71H118N20O22S/c1-10-38(6)57(90-59(101)39(7)79-54(98)33-73)68(110)87-48(30-36(2)3)65(107)89-56(37(4)5)67(109)84-45(21-23-55(99)100)63(105)85-47(70(112)113)20-22-52(96)82-46(25-29-114-9)64(106)86-49(31-41-16-12-11-13-17-41)60(102)77-28-24-53(97)81-43(19-15-27-78-71(75)76)61(103)83-44(18-14-26-72)62(104)88-50(35-93)66(108)91-58(40(8)94)69(111)80-42(34-92)32-51(74)95/h11-13,16-17,34,36-40,42-50,56-58,93-94H,10,14-15,18-33,35,72-73H2,1-9H3,(H2,74,95)(H,77,102)(H,79,98)(H,80,111)(H,81,97)(H,82,96)(H,83,103)(H,84,109)(H,85,105)(H,86,106)(H,87,110)(H,88,104)(H,89,107)(H,90,101)(H,91,108)(H,99,100)(H,112,113)(H4,75,76,78)/t38-,39-,40+,42-,43-,44-,45-,46-,47-,48-,49-,50-,56-,57-,58-/m0/s1. The summed E-state index contributed by atoms with van der Waals surface area (Å²) in [4.78, 5) is 243. The molecule has 42 nitrogen and oxygen atoms in total. The van der Waals surface area contributed by atoms with Crippen molar-refractivity contribution in [1.29, 1.82) is 0 Å². The second-order valence-electron chi connectivity index (χ2n) is 27.9. The molecular weight excluding hydrogens is 1520 g/mol. The quantitative estimate of drug-likeness (QED) is 0.0125. The van der Waals surface area contributed by atoms with Crippen LogP contribution in [0.2, 0.25) is 0 Å². The van der Waals surface area contributed by atoms with Crippen LogP contribution in [0.15, 0.2) is 35.3 Å². The summed E-state index contributed by atoms with van der Waals surface area (Å²) in [6, 6.07) is -11.1. The van der Waals surface area contributed by atoms with Crippen LogP contribution in [0.3, 0.4) is 0 Å². The van der Waals surface area contributed by atoms with Gasteiger partial charge in [-0.1, -0.05) is 78.3 Å². The monoisotopic (exact) mass is 1630 g/mol. The van der Waals surface area contributed by atoms with Crippen LogP contribution >= 0.6 is 11.8 Å². The Morgan fingerprint density at radius 3 is 1.51 bits per heavy atom. The first-order chi connectivity index (χ1) is 53.7. The van der Waals surface area contributed by atoms with Crippen LogP contribution in [0.1, 0.15) is 144 Å². The number of carboxylic acid groups (broad SMARTS) is 2. The molecule has 1 aromatic carbocycles. The van der Waals surface area contributed by atoms with Crippen molar-refractivity contribution in [2.75, 3.05) is 44.8 Å². The van der Waals surface area contributed by atoms with Gasteiger partial charge in [0.25, 0.3) is 0 Å². The summed E-state index contributed by atoms with van der Waals surface area (Å²) in [5, 5.41) is 74.8. The highest BCUT2D eigenvalue weighted by atomic mass is 32.2. The molecule has 0 aliphatic heterocycles. The molecule has 0 heterocycles. The zero-order valence-corrected chi connectivity index (χ0v) is 66.6. The van der Waals surface area contributed by atoms with E-state index in [4.69, 9.17) is 28.7 Å². The Hall–Kier alpha value is -10.7. The van der Waals surface area contributed by atoms with Crippen LogP contribution in [0, 0.1) is 17.8 Å². The lowest BCUT2D eigenvalue weighted by molar-refractivity contribution is -0.143. The lowest BCUT2D eigenvalue weighted by atomic mass is 9.96. The summed E-state index contributed by atoms with van der Waals surface area (Å²) >= 11 is 1.29. The van der Waals surface area contributed by atoms with Crippen LogP contribution < -0.4 is 103 Å². The third kappa shape index (κ3) is 39.7. The molecule has 0 aliphatic carbocycles. The number of aliphatic hydroxyl groups excluding tert-OH is 2. The minimum Gasteiger partial charge on any atom is -0.481 e. The van der Waals surface area contributed by atoms with Crippen LogP contribution in [0.5, 0.6) is 0 Å². The molecule has 43 heteroatoms. The molecule has 0 spiro atoms. The first kappa shape index (κ1) is 101. The average Bonchev–Trinajstić information content (AvgIpc) is 0.846. The van der Waals surface area contributed by atoms with Gasteiger partial charge in [0, 0.05) is 38.8 Å². The topological polar surface area (TPSA) is 699 Å². The van der Waals surface area contributed by atoms with Gasteiger partial charge >= 0.3 is 11.9 Å². The number of guanidine groups is 1.